The van der Waals surface area contributed by atoms with E-state index in [4.69, 9.17) is 5.73 Å². The van der Waals surface area contributed by atoms with Crippen LogP contribution in [0.2, 0.25) is 0 Å². The molecule has 1 heterocycles. The Kier molecular flexibility index (Phi) is 5.09. The summed E-state index contributed by atoms with van der Waals surface area (Å²) in [5.41, 5.74) is 8.50. The number of primary amides is 1. The van der Waals surface area contributed by atoms with E-state index in [1.54, 1.807) is 55.0 Å². The molecule has 0 aliphatic rings. The van der Waals surface area contributed by atoms with Gasteiger partial charge >= 0.3 is 0 Å². The number of aromatic amines is 1. The van der Waals surface area contributed by atoms with Crippen molar-refractivity contribution in [1.82, 2.24) is 15.0 Å². The van der Waals surface area contributed by atoms with Crippen molar-refractivity contribution in [3.05, 3.63) is 77.9 Å². The summed E-state index contributed by atoms with van der Waals surface area (Å²) in [6, 6.07) is 13.7. The molecule has 0 fully saturated rings. The van der Waals surface area contributed by atoms with Gasteiger partial charge in [-0.3, -0.25) is 14.8 Å². The Morgan fingerprint density at radius 2 is 1.85 bits per heavy atom. The van der Waals surface area contributed by atoms with Gasteiger partial charge in [0.1, 0.15) is 0 Å². The van der Waals surface area contributed by atoms with E-state index < -0.39 is 11.8 Å². The largest absolute Gasteiger partial charge is 0.366 e. The predicted molar refractivity (Wildman–Crippen MR) is 95.5 cm³/mol. The first kappa shape index (κ1) is 17.4. The highest BCUT2D eigenvalue weighted by Crippen LogP contribution is 2.21. The van der Waals surface area contributed by atoms with Crippen LogP contribution in [0.3, 0.4) is 0 Å². The van der Waals surface area contributed by atoms with Crippen LogP contribution in [-0.2, 0) is 6.42 Å². The first-order chi connectivity index (χ1) is 12.5. The summed E-state index contributed by atoms with van der Waals surface area (Å²) in [5, 5.41) is 10.7. The average molecular weight is 350 g/mol. The van der Waals surface area contributed by atoms with Gasteiger partial charge in [-0.1, -0.05) is 24.3 Å². The Labute approximate surface area is 150 Å². The van der Waals surface area contributed by atoms with Gasteiger partial charge in [-0.05, 0) is 35.4 Å². The molecule has 132 valence electrons. The van der Waals surface area contributed by atoms with Crippen LogP contribution >= 0.6 is 0 Å². The minimum Gasteiger partial charge on any atom is -0.366 e. The van der Waals surface area contributed by atoms with E-state index in [2.05, 4.69) is 9.97 Å². The zero-order valence-electron chi connectivity index (χ0n) is 13.9. The van der Waals surface area contributed by atoms with E-state index in [0.717, 1.165) is 16.8 Å². The Hall–Kier alpha value is -3.45. The van der Waals surface area contributed by atoms with Crippen LogP contribution in [0.25, 0.3) is 11.1 Å². The molecule has 0 saturated heterocycles. The number of hydroxylamine groups is 2. The summed E-state index contributed by atoms with van der Waals surface area (Å²) in [5.74, 6) is -0.978. The maximum Gasteiger partial charge on any atom is 0.277 e. The molecular formula is C19H18N4O3. The standard InChI is InChI=1S/C19H18N4O3/c20-18(24)14-6-4-13(5-7-14)15-2-1-3-16(10-15)19(25)23(26)9-8-17-11-21-12-22-17/h1-7,10-12,26H,8-9H2,(H2,20,24)(H,21,22). The molecule has 0 aliphatic carbocycles. The number of nitrogens with zero attached hydrogens (tertiary/aromatic N) is 2. The van der Waals surface area contributed by atoms with Crippen LogP contribution in [0, 0.1) is 0 Å². The number of aromatic nitrogens is 2. The lowest BCUT2D eigenvalue weighted by molar-refractivity contribution is -0.0572. The number of nitrogens with one attached hydrogen (secondary N) is 1. The second-order valence-corrected chi connectivity index (χ2v) is 5.78. The smallest absolute Gasteiger partial charge is 0.277 e. The summed E-state index contributed by atoms with van der Waals surface area (Å²) in [4.78, 5) is 30.4. The molecule has 0 atom stereocenters. The average Bonchev–Trinajstić information content (AvgIpc) is 3.19. The molecule has 4 N–H and O–H groups in total. The Morgan fingerprint density at radius 1 is 1.08 bits per heavy atom. The van der Waals surface area contributed by atoms with Gasteiger partial charge in [0.15, 0.2) is 0 Å². The van der Waals surface area contributed by atoms with Gasteiger partial charge in [0.25, 0.3) is 5.91 Å². The number of rotatable bonds is 6. The van der Waals surface area contributed by atoms with Crippen molar-refractivity contribution >= 4 is 11.8 Å². The Morgan fingerprint density at radius 3 is 2.50 bits per heavy atom. The van der Waals surface area contributed by atoms with Crippen LogP contribution in [0.5, 0.6) is 0 Å². The minimum absolute atomic E-state index is 0.151. The van der Waals surface area contributed by atoms with Gasteiger partial charge in [0, 0.05) is 29.4 Å². The van der Waals surface area contributed by atoms with Crippen LogP contribution in [-0.4, -0.2) is 38.6 Å². The second-order valence-electron chi connectivity index (χ2n) is 5.78. The molecule has 0 aliphatic heterocycles. The molecule has 26 heavy (non-hydrogen) atoms. The molecule has 7 nitrogen and oxygen atoms in total. The van der Waals surface area contributed by atoms with Crippen molar-refractivity contribution in [1.29, 1.82) is 0 Å². The quantitative estimate of drug-likeness (QED) is 0.467. The Bertz CT molecular complexity index is 905. The summed E-state index contributed by atoms with van der Waals surface area (Å²) in [6.07, 6.45) is 3.66. The number of hydrogen-bond donors (Lipinski definition) is 3. The third kappa shape index (κ3) is 3.96. The first-order valence-electron chi connectivity index (χ1n) is 8.03. The normalized spacial score (nSPS) is 10.5. The summed E-state index contributed by atoms with van der Waals surface area (Å²) < 4.78 is 0. The number of H-pyrrole nitrogens is 1. The molecule has 0 saturated carbocycles. The van der Waals surface area contributed by atoms with Crippen LogP contribution in [0.15, 0.2) is 61.1 Å². The molecule has 2 amide bonds. The maximum atomic E-state index is 12.4. The minimum atomic E-state index is -0.492. The fourth-order valence-corrected chi connectivity index (χ4v) is 2.56. The zero-order chi connectivity index (χ0) is 18.5. The van der Waals surface area contributed by atoms with Crippen molar-refractivity contribution in [3.8, 4) is 11.1 Å². The highest BCUT2D eigenvalue weighted by atomic mass is 16.5. The third-order valence-corrected chi connectivity index (χ3v) is 3.99. The Balaban J connectivity index is 1.73. The van der Waals surface area contributed by atoms with Crippen molar-refractivity contribution in [3.63, 3.8) is 0 Å². The molecule has 3 rings (SSSR count). The highest BCUT2D eigenvalue weighted by Gasteiger charge is 2.14. The van der Waals surface area contributed by atoms with Gasteiger partial charge in [-0.25, -0.2) is 10.0 Å². The van der Waals surface area contributed by atoms with Gasteiger partial charge in [0.05, 0.1) is 12.9 Å². The van der Waals surface area contributed by atoms with Gasteiger partial charge in [-0.15, -0.1) is 0 Å². The topological polar surface area (TPSA) is 112 Å². The molecule has 0 bridgehead atoms. The zero-order valence-corrected chi connectivity index (χ0v) is 13.9. The van der Waals surface area contributed by atoms with Crippen molar-refractivity contribution in [2.24, 2.45) is 5.73 Å². The van der Waals surface area contributed by atoms with Crippen LogP contribution in [0.1, 0.15) is 26.4 Å². The fourth-order valence-electron chi connectivity index (χ4n) is 2.56. The lowest BCUT2D eigenvalue weighted by atomic mass is 10.0. The summed E-state index contributed by atoms with van der Waals surface area (Å²) >= 11 is 0. The number of hydrogen-bond acceptors (Lipinski definition) is 4. The van der Waals surface area contributed by atoms with Crippen LogP contribution in [0.4, 0.5) is 0 Å². The van der Waals surface area contributed by atoms with E-state index >= 15 is 0 Å². The molecular weight excluding hydrogens is 332 g/mol. The van der Waals surface area contributed by atoms with E-state index in [1.807, 2.05) is 6.07 Å². The summed E-state index contributed by atoms with van der Waals surface area (Å²) in [6.45, 7) is 0.151. The van der Waals surface area contributed by atoms with Gasteiger partial charge in [0.2, 0.25) is 5.91 Å². The van der Waals surface area contributed by atoms with E-state index in [1.165, 1.54) is 0 Å². The highest BCUT2D eigenvalue weighted by molar-refractivity contribution is 5.95. The van der Waals surface area contributed by atoms with Gasteiger partial charge < -0.3 is 10.7 Å². The molecule has 2 aromatic carbocycles. The number of carbonyl (C=O) groups excluding carboxylic acids is 2. The molecule has 7 heteroatoms. The fraction of sp³-hybridized carbons (Fsp3) is 0.105. The number of amides is 2. The van der Waals surface area contributed by atoms with Gasteiger partial charge in [-0.2, -0.15) is 0 Å². The van der Waals surface area contributed by atoms with E-state index in [-0.39, 0.29) is 6.54 Å². The number of nitrogens with two attached hydrogens (primary N) is 1. The SMILES string of the molecule is NC(=O)c1ccc(-c2cccc(C(=O)N(O)CCc3cnc[nH]3)c2)cc1. The van der Waals surface area contributed by atoms with Crippen molar-refractivity contribution < 1.29 is 14.8 Å². The van der Waals surface area contributed by atoms with Crippen molar-refractivity contribution in [2.75, 3.05) is 6.54 Å². The molecule has 3 aromatic rings. The third-order valence-electron chi connectivity index (χ3n) is 3.99. The van der Waals surface area contributed by atoms with Crippen molar-refractivity contribution in [2.45, 2.75) is 6.42 Å². The lowest BCUT2D eigenvalue weighted by Gasteiger charge is -2.15. The number of carbonyl (C=O) groups is 2. The first-order valence-corrected chi connectivity index (χ1v) is 8.03. The monoisotopic (exact) mass is 350 g/mol. The second kappa shape index (κ2) is 7.62. The lowest BCUT2D eigenvalue weighted by Crippen LogP contribution is -2.29. The molecule has 1 aromatic heterocycles. The molecule has 0 spiro atoms. The summed E-state index contributed by atoms with van der Waals surface area (Å²) in [7, 11) is 0. The van der Waals surface area contributed by atoms with Crippen LogP contribution < -0.4 is 5.73 Å². The van der Waals surface area contributed by atoms with E-state index in [9.17, 15) is 14.8 Å². The predicted octanol–water partition coefficient (Wildman–Crippen LogP) is 2.25. The maximum absolute atomic E-state index is 12.4. The molecule has 0 unspecified atom stereocenters. The number of benzene rings is 2. The number of imidazole rings is 1. The molecule has 0 radical (unpaired) electrons. The van der Waals surface area contributed by atoms with E-state index in [0.29, 0.717) is 22.6 Å².